The van der Waals surface area contributed by atoms with Crippen molar-refractivity contribution < 1.29 is 28.7 Å². The van der Waals surface area contributed by atoms with Crippen LogP contribution < -0.4 is 16.5 Å². The van der Waals surface area contributed by atoms with Gasteiger partial charge in [-0.3, -0.25) is 19.6 Å². The molecule has 4 atom stereocenters. The van der Waals surface area contributed by atoms with E-state index in [1.54, 1.807) is 25.3 Å². The summed E-state index contributed by atoms with van der Waals surface area (Å²) in [4.78, 5) is 68.2. The van der Waals surface area contributed by atoms with Crippen molar-refractivity contribution in [2.24, 2.45) is 17.1 Å². The van der Waals surface area contributed by atoms with Crippen LogP contribution in [-0.2, 0) is 43.2 Å². The number of fused-ring (bicyclic) bond motifs is 6. The number of likely N-dealkylation sites (tertiary alicyclic amines) is 1. The topological polar surface area (TPSA) is 177 Å². The number of pyridine rings is 1. The molecule has 0 aliphatic carbocycles. The fourth-order valence-electron chi connectivity index (χ4n) is 9.11. The summed E-state index contributed by atoms with van der Waals surface area (Å²) in [7, 11) is 3.30. The molecule has 6 heterocycles. The monoisotopic (exact) mass is 855 g/mol. The van der Waals surface area contributed by atoms with Crippen LogP contribution in [-0.4, -0.2) is 124 Å². The van der Waals surface area contributed by atoms with Crippen LogP contribution in [0.1, 0.15) is 76.8 Å². The number of hydrogen-bond acceptors (Lipinski definition) is 11. The Balaban J connectivity index is 1.31. The Bertz CT molecular complexity index is 2270. The molecule has 3 aliphatic heterocycles. The quantitative estimate of drug-likeness (QED) is 0.195. The van der Waals surface area contributed by atoms with E-state index >= 15 is 0 Å². The van der Waals surface area contributed by atoms with Crippen LogP contribution in [0.5, 0.6) is 0 Å². The van der Waals surface area contributed by atoms with Gasteiger partial charge in [-0.25, -0.2) is 15.2 Å². The first kappa shape index (κ1) is 44.3. The Hall–Kier alpha value is -4.74. The molecule has 1 aromatic carbocycles. The van der Waals surface area contributed by atoms with Gasteiger partial charge in [0, 0.05) is 86.4 Å². The predicted molar refractivity (Wildman–Crippen MR) is 236 cm³/mol. The van der Waals surface area contributed by atoms with Gasteiger partial charge in [0.2, 0.25) is 5.91 Å². The molecule has 0 saturated carbocycles. The molecule has 0 radical (unpaired) electrons. The number of nitrogens with two attached hydrogens (primary N) is 1. The van der Waals surface area contributed by atoms with Gasteiger partial charge in [0.1, 0.15) is 23.9 Å². The third-order valence-corrected chi connectivity index (χ3v) is 13.2. The smallest absolute Gasteiger partial charge is 0.320 e. The van der Waals surface area contributed by atoms with Crippen LogP contribution in [0.4, 0.5) is 4.79 Å². The lowest BCUT2D eigenvalue weighted by Gasteiger charge is -2.43. The first-order valence-corrected chi connectivity index (χ1v) is 22.3. The van der Waals surface area contributed by atoms with Gasteiger partial charge in [0.05, 0.1) is 41.4 Å². The number of nitrogens with zero attached hydrogens (tertiary/aromatic N) is 6. The number of urea groups is 1. The van der Waals surface area contributed by atoms with Crippen molar-refractivity contribution in [2.45, 2.75) is 104 Å². The molecular weight excluding hydrogens is 795 g/mol. The number of carbonyl (C=O) groups excluding carboxylic acids is 4. The number of aromatic nitrogens is 3. The number of benzene rings is 1. The summed E-state index contributed by atoms with van der Waals surface area (Å²) in [5, 5.41) is 8.20. The van der Waals surface area contributed by atoms with Crippen LogP contribution in [0.3, 0.4) is 0 Å². The van der Waals surface area contributed by atoms with Gasteiger partial charge >= 0.3 is 6.03 Å². The number of aldehydes is 1. The van der Waals surface area contributed by atoms with Crippen molar-refractivity contribution in [1.82, 2.24) is 40.1 Å². The Morgan fingerprint density at radius 1 is 1.20 bits per heavy atom. The van der Waals surface area contributed by atoms with Crippen LogP contribution >= 0.6 is 11.3 Å². The number of methoxy groups -OCH3 is 1. The van der Waals surface area contributed by atoms with E-state index < -0.39 is 29.4 Å². The lowest BCUT2D eigenvalue weighted by Crippen LogP contribution is -2.67. The maximum atomic E-state index is 14.6. The predicted octanol–water partition coefficient (Wildman–Crippen LogP) is 4.96. The molecule has 4 N–H and O–H groups in total. The third kappa shape index (κ3) is 8.96. The molecule has 3 aromatic heterocycles. The highest BCUT2D eigenvalue weighted by Crippen LogP contribution is 2.42. The Kier molecular flexibility index (Phi) is 13.0. The van der Waals surface area contributed by atoms with Crippen molar-refractivity contribution in [3.63, 3.8) is 0 Å². The van der Waals surface area contributed by atoms with Gasteiger partial charge in [-0.05, 0) is 74.3 Å². The van der Waals surface area contributed by atoms with Crippen LogP contribution in [0.15, 0.2) is 41.9 Å². The normalized spacial score (nSPS) is 22.1. The lowest BCUT2D eigenvalue weighted by atomic mass is 9.84. The molecule has 6 bridgehead atoms. The Morgan fingerprint density at radius 2 is 1.97 bits per heavy atom. The van der Waals surface area contributed by atoms with E-state index in [1.165, 1.54) is 21.2 Å². The number of carbonyl (C=O) groups is 4. The number of ether oxygens (including phenoxy) is 2. The zero-order chi connectivity index (χ0) is 43.8. The molecular formula is C45H61N9O6S. The first-order chi connectivity index (χ1) is 29.1. The molecule has 4 amide bonds. The van der Waals surface area contributed by atoms with Gasteiger partial charge in [0.25, 0.3) is 5.91 Å². The third-order valence-electron chi connectivity index (χ3n) is 12.3. The van der Waals surface area contributed by atoms with E-state index in [4.69, 9.17) is 25.2 Å². The van der Waals surface area contributed by atoms with Crippen LogP contribution in [0, 0.1) is 11.3 Å². The molecule has 2 saturated heterocycles. The van der Waals surface area contributed by atoms with Gasteiger partial charge in [-0.1, -0.05) is 33.8 Å². The zero-order valence-electron chi connectivity index (χ0n) is 36.7. The van der Waals surface area contributed by atoms with Crippen molar-refractivity contribution in [1.29, 1.82) is 0 Å². The second kappa shape index (κ2) is 17.9. The number of thiazole rings is 1. The SMILES string of the molecule is CCn1c(-c2cccnc2[C@H](C)OC)c2c3cc(ccc31)-c1csc(n1)C[C@H](NC(=O)[C@H](C(C)C)N(C)C(=O)N1CC(N)C1)C(=O)N1CCC[C@](C=O)(COCC(C)(C)C2)N1. The van der Waals surface area contributed by atoms with Gasteiger partial charge in [-0.15, -0.1) is 11.3 Å². The van der Waals surface area contributed by atoms with Gasteiger partial charge in [-0.2, -0.15) is 0 Å². The maximum absolute atomic E-state index is 14.6. The van der Waals surface area contributed by atoms with Crippen molar-refractivity contribution in [3.8, 4) is 22.5 Å². The average molecular weight is 856 g/mol. The minimum absolute atomic E-state index is 0.0465. The summed E-state index contributed by atoms with van der Waals surface area (Å²) in [5.41, 5.74) is 14.5. The number of nitrogens with one attached hydrogen (secondary N) is 2. The van der Waals surface area contributed by atoms with E-state index in [1.807, 2.05) is 32.2 Å². The average Bonchev–Trinajstić information content (AvgIpc) is 3.82. The summed E-state index contributed by atoms with van der Waals surface area (Å²) >= 11 is 1.42. The van der Waals surface area contributed by atoms with Crippen LogP contribution in [0.2, 0.25) is 0 Å². The summed E-state index contributed by atoms with van der Waals surface area (Å²) in [5.74, 6) is -1.12. The van der Waals surface area contributed by atoms with E-state index in [0.717, 1.165) is 57.5 Å². The van der Waals surface area contributed by atoms with Gasteiger partial charge in [0.15, 0.2) is 0 Å². The molecule has 328 valence electrons. The fourth-order valence-corrected chi connectivity index (χ4v) is 9.96. The molecule has 0 unspecified atom stereocenters. The number of rotatable bonds is 9. The highest BCUT2D eigenvalue weighted by molar-refractivity contribution is 7.10. The van der Waals surface area contributed by atoms with Crippen molar-refractivity contribution in [2.75, 3.05) is 47.0 Å². The molecule has 4 aromatic rings. The molecule has 3 aliphatic rings. The van der Waals surface area contributed by atoms with Crippen molar-refractivity contribution in [3.05, 3.63) is 58.2 Å². The van der Waals surface area contributed by atoms with E-state index in [0.29, 0.717) is 50.5 Å². The number of amides is 4. The standard InChI is InChI=1S/C45H61N9O6S/c1-9-53-36-14-13-29-18-32(36)33(40(53)31-12-10-16-47-38(31)28(4)59-8)20-44(5,6)25-60-26-45(24-55)15-11-17-54(50-45)42(57)34(19-37-48-35(29)23-61-37)49-41(56)39(27(2)3)51(7)43(58)52-21-30(46)22-52/h10,12-14,16,18,23-24,27-28,30,34,39,50H,9,11,15,17,19-22,25-26,46H2,1-8H3,(H,49,56)/t28-,34-,39-,45-/m0/s1. The number of hydrogen-bond donors (Lipinski definition) is 3. The summed E-state index contributed by atoms with van der Waals surface area (Å²) in [6.45, 7) is 14.5. The first-order valence-electron chi connectivity index (χ1n) is 21.4. The molecule has 7 rings (SSSR count). The number of likely N-dealkylation sites (N-methyl/N-ethyl adjacent to an activating group) is 1. The van der Waals surface area contributed by atoms with E-state index in [-0.39, 0.29) is 42.5 Å². The van der Waals surface area contributed by atoms with Gasteiger partial charge < -0.3 is 39.7 Å². The van der Waals surface area contributed by atoms with E-state index in [9.17, 15) is 19.2 Å². The van der Waals surface area contributed by atoms with E-state index in [2.05, 4.69) is 60.3 Å². The minimum atomic E-state index is -1.16. The number of aryl methyl sites for hydroxylation is 1. The highest BCUT2D eigenvalue weighted by atomic mass is 32.1. The minimum Gasteiger partial charge on any atom is -0.378 e. The molecule has 15 nitrogen and oxygen atoms in total. The molecule has 61 heavy (non-hydrogen) atoms. The maximum Gasteiger partial charge on any atom is 0.320 e. The summed E-state index contributed by atoms with van der Waals surface area (Å²) < 4.78 is 14.6. The highest BCUT2D eigenvalue weighted by Gasteiger charge is 2.42. The Morgan fingerprint density at radius 3 is 2.66 bits per heavy atom. The largest absolute Gasteiger partial charge is 0.378 e. The summed E-state index contributed by atoms with van der Waals surface area (Å²) in [6.07, 6.45) is 4.17. The molecule has 2 fully saturated rings. The molecule has 16 heteroatoms. The van der Waals surface area contributed by atoms with Crippen molar-refractivity contribution >= 4 is 46.4 Å². The summed E-state index contributed by atoms with van der Waals surface area (Å²) in [6, 6.07) is 8.22. The zero-order valence-corrected chi connectivity index (χ0v) is 37.5. The lowest BCUT2D eigenvalue weighted by molar-refractivity contribution is -0.147. The second-order valence-corrected chi connectivity index (χ2v) is 19.0. The Labute approximate surface area is 362 Å². The number of hydrazine groups is 1. The second-order valence-electron chi connectivity index (χ2n) is 18.1. The van der Waals surface area contributed by atoms with Crippen LogP contribution in [0.25, 0.3) is 33.4 Å². The molecule has 0 spiro atoms. The fraction of sp³-hybridized carbons (Fsp3) is 0.556.